The van der Waals surface area contributed by atoms with Crippen molar-refractivity contribution < 1.29 is 22.8 Å². The summed E-state index contributed by atoms with van der Waals surface area (Å²) in [6.45, 7) is 0.910. The molecule has 1 N–H and O–H groups in total. The van der Waals surface area contributed by atoms with Gasteiger partial charge in [0.05, 0.1) is 10.6 Å². The first-order valence-corrected chi connectivity index (χ1v) is 11.4. The minimum atomic E-state index is -4.28. The summed E-state index contributed by atoms with van der Waals surface area (Å²) < 4.78 is 32.7. The number of aliphatic carboxylic acids is 1. The van der Waals surface area contributed by atoms with Gasteiger partial charge < -0.3 is 9.63 Å². The molecule has 4 aromatic rings. The van der Waals surface area contributed by atoms with Gasteiger partial charge in [-0.15, -0.1) is 0 Å². The maximum absolute atomic E-state index is 13.3. The molecule has 0 spiro atoms. The van der Waals surface area contributed by atoms with Gasteiger partial charge >= 0.3 is 5.97 Å². The van der Waals surface area contributed by atoms with Crippen molar-refractivity contribution in [1.82, 2.24) is 10.1 Å². The summed E-state index contributed by atoms with van der Waals surface area (Å²) in [4.78, 5) is 15.5. The quantitative estimate of drug-likeness (QED) is 0.412. The van der Waals surface area contributed by atoms with Crippen LogP contribution in [0.15, 0.2) is 64.0 Å². The first-order chi connectivity index (χ1) is 15.1. The Kier molecular flexibility index (Phi) is 5.81. The number of carboxylic acid groups (broad SMARTS) is 1. The van der Waals surface area contributed by atoms with E-state index in [2.05, 4.69) is 10.1 Å². The molecule has 0 bridgehead atoms. The Morgan fingerprint density at radius 3 is 2.44 bits per heavy atom. The standard InChI is InChI=1S/C21H15Cl2N3O5S/c1-12-24-21(31-25-12)19-4-2-3-13-7-16(5-6-18(13)19)26(11-20(27)28)32(29,30)17-9-14(22)8-15(23)10-17/h2-10H,11H2,1H3,(H,27,28). The molecule has 0 atom stereocenters. The molecule has 0 aliphatic heterocycles. The van der Waals surface area contributed by atoms with E-state index in [9.17, 15) is 18.3 Å². The fourth-order valence-corrected chi connectivity index (χ4v) is 5.39. The van der Waals surface area contributed by atoms with Crippen molar-refractivity contribution in [3.05, 3.63) is 70.5 Å². The molecular weight excluding hydrogens is 477 g/mol. The maximum atomic E-state index is 13.3. The van der Waals surface area contributed by atoms with Crippen LogP contribution in [0, 0.1) is 6.92 Å². The minimum absolute atomic E-state index is 0.115. The number of carbonyl (C=O) groups is 1. The Bertz CT molecular complexity index is 1430. The fourth-order valence-electron chi connectivity index (χ4n) is 3.26. The molecule has 3 aromatic carbocycles. The zero-order valence-corrected chi connectivity index (χ0v) is 18.8. The third kappa shape index (κ3) is 4.27. The summed E-state index contributed by atoms with van der Waals surface area (Å²) in [5.74, 6) is -0.520. The summed E-state index contributed by atoms with van der Waals surface area (Å²) in [6.07, 6.45) is 0. The second-order valence-corrected chi connectivity index (χ2v) is 9.60. The number of hydrogen-bond donors (Lipinski definition) is 1. The monoisotopic (exact) mass is 491 g/mol. The lowest BCUT2D eigenvalue weighted by atomic mass is 10.0. The Morgan fingerprint density at radius 1 is 1.09 bits per heavy atom. The molecule has 0 saturated heterocycles. The molecule has 0 aliphatic rings. The van der Waals surface area contributed by atoms with Crippen LogP contribution >= 0.6 is 23.2 Å². The second-order valence-electron chi connectivity index (χ2n) is 6.87. The summed E-state index contributed by atoms with van der Waals surface area (Å²) in [6, 6.07) is 13.9. The van der Waals surface area contributed by atoms with Crippen LogP contribution in [-0.2, 0) is 14.8 Å². The zero-order chi connectivity index (χ0) is 23.0. The van der Waals surface area contributed by atoms with E-state index in [4.69, 9.17) is 27.7 Å². The fraction of sp³-hybridized carbons (Fsp3) is 0.0952. The van der Waals surface area contributed by atoms with E-state index in [0.717, 1.165) is 9.69 Å². The molecule has 0 unspecified atom stereocenters. The number of carboxylic acids is 1. The number of anilines is 1. The Hall–Kier alpha value is -3.14. The Morgan fingerprint density at radius 2 is 1.81 bits per heavy atom. The predicted octanol–water partition coefficient (Wildman–Crippen LogP) is 4.78. The van der Waals surface area contributed by atoms with Gasteiger partial charge in [-0.3, -0.25) is 9.10 Å². The second kappa shape index (κ2) is 8.42. The van der Waals surface area contributed by atoms with Gasteiger partial charge in [-0.1, -0.05) is 46.6 Å². The molecule has 1 aromatic heterocycles. The number of halogens is 2. The number of aromatic nitrogens is 2. The van der Waals surface area contributed by atoms with Gasteiger partial charge in [0.1, 0.15) is 6.54 Å². The number of benzene rings is 3. The number of aryl methyl sites for hydroxylation is 1. The Labute approximate surface area is 193 Å². The number of sulfonamides is 1. The first-order valence-electron chi connectivity index (χ1n) is 9.19. The third-order valence-corrected chi connectivity index (χ3v) is 6.80. The molecule has 0 fully saturated rings. The molecule has 0 amide bonds. The van der Waals surface area contributed by atoms with E-state index >= 15 is 0 Å². The maximum Gasteiger partial charge on any atom is 0.324 e. The van der Waals surface area contributed by atoms with Gasteiger partial charge in [0.25, 0.3) is 15.9 Å². The summed E-state index contributed by atoms with van der Waals surface area (Å²) >= 11 is 11.9. The Balaban J connectivity index is 1.85. The molecule has 32 heavy (non-hydrogen) atoms. The molecule has 0 aliphatic carbocycles. The lowest BCUT2D eigenvalue weighted by Gasteiger charge is -2.23. The van der Waals surface area contributed by atoms with Crippen LogP contribution in [0.1, 0.15) is 5.82 Å². The highest BCUT2D eigenvalue weighted by atomic mass is 35.5. The van der Waals surface area contributed by atoms with E-state index in [-0.39, 0.29) is 20.6 Å². The molecule has 1 heterocycles. The highest BCUT2D eigenvalue weighted by molar-refractivity contribution is 7.92. The van der Waals surface area contributed by atoms with Gasteiger partial charge in [-0.25, -0.2) is 8.42 Å². The predicted molar refractivity (Wildman–Crippen MR) is 121 cm³/mol. The van der Waals surface area contributed by atoms with Crippen molar-refractivity contribution in [2.24, 2.45) is 0 Å². The van der Waals surface area contributed by atoms with E-state index in [1.54, 1.807) is 37.3 Å². The van der Waals surface area contributed by atoms with Crippen molar-refractivity contribution in [1.29, 1.82) is 0 Å². The summed E-state index contributed by atoms with van der Waals surface area (Å²) in [5.41, 5.74) is 0.832. The minimum Gasteiger partial charge on any atom is -0.480 e. The van der Waals surface area contributed by atoms with Gasteiger partial charge in [0, 0.05) is 15.6 Å². The number of hydrogen-bond acceptors (Lipinski definition) is 6. The van der Waals surface area contributed by atoms with Crippen molar-refractivity contribution in [2.75, 3.05) is 10.8 Å². The average Bonchev–Trinajstić information content (AvgIpc) is 3.16. The van der Waals surface area contributed by atoms with Crippen LogP contribution in [0.2, 0.25) is 10.0 Å². The van der Waals surface area contributed by atoms with Gasteiger partial charge in [-0.2, -0.15) is 4.98 Å². The van der Waals surface area contributed by atoms with Gasteiger partial charge in [0.2, 0.25) is 0 Å². The molecule has 0 radical (unpaired) electrons. The highest BCUT2D eigenvalue weighted by Gasteiger charge is 2.28. The molecule has 11 heteroatoms. The van der Waals surface area contributed by atoms with E-state index < -0.39 is 22.5 Å². The van der Waals surface area contributed by atoms with Crippen molar-refractivity contribution in [2.45, 2.75) is 11.8 Å². The largest absolute Gasteiger partial charge is 0.480 e. The van der Waals surface area contributed by atoms with E-state index in [1.807, 2.05) is 0 Å². The molecule has 164 valence electrons. The van der Waals surface area contributed by atoms with Crippen LogP contribution in [-0.4, -0.2) is 36.2 Å². The lowest BCUT2D eigenvalue weighted by Crippen LogP contribution is -2.35. The van der Waals surface area contributed by atoms with Crippen LogP contribution < -0.4 is 4.31 Å². The normalized spacial score (nSPS) is 11.6. The summed E-state index contributed by atoms with van der Waals surface area (Å²) in [7, 11) is -4.28. The highest BCUT2D eigenvalue weighted by Crippen LogP contribution is 2.33. The van der Waals surface area contributed by atoms with E-state index in [0.29, 0.717) is 22.7 Å². The van der Waals surface area contributed by atoms with Crippen LogP contribution in [0.4, 0.5) is 5.69 Å². The summed E-state index contributed by atoms with van der Waals surface area (Å²) in [5, 5.41) is 14.8. The number of nitrogens with zero attached hydrogens (tertiary/aromatic N) is 3. The molecule has 0 saturated carbocycles. The third-order valence-electron chi connectivity index (χ3n) is 4.61. The van der Waals surface area contributed by atoms with Crippen LogP contribution in [0.3, 0.4) is 0 Å². The smallest absolute Gasteiger partial charge is 0.324 e. The lowest BCUT2D eigenvalue weighted by molar-refractivity contribution is -0.135. The van der Waals surface area contributed by atoms with E-state index in [1.165, 1.54) is 24.3 Å². The van der Waals surface area contributed by atoms with Crippen molar-refractivity contribution in [3.63, 3.8) is 0 Å². The van der Waals surface area contributed by atoms with Crippen molar-refractivity contribution >= 4 is 55.7 Å². The number of fused-ring (bicyclic) bond motifs is 1. The number of rotatable bonds is 6. The average molecular weight is 492 g/mol. The van der Waals surface area contributed by atoms with Crippen molar-refractivity contribution in [3.8, 4) is 11.5 Å². The van der Waals surface area contributed by atoms with Crippen LogP contribution in [0.5, 0.6) is 0 Å². The topological polar surface area (TPSA) is 114 Å². The van der Waals surface area contributed by atoms with Crippen LogP contribution in [0.25, 0.3) is 22.2 Å². The molecular formula is C21H15Cl2N3O5S. The zero-order valence-electron chi connectivity index (χ0n) is 16.5. The van der Waals surface area contributed by atoms with Gasteiger partial charge in [-0.05, 0) is 54.1 Å². The van der Waals surface area contributed by atoms with Gasteiger partial charge in [0.15, 0.2) is 5.82 Å². The molecule has 4 rings (SSSR count). The molecule has 8 nitrogen and oxygen atoms in total. The SMILES string of the molecule is Cc1noc(-c2cccc3cc(N(CC(=O)O)S(=O)(=O)c4cc(Cl)cc(Cl)c4)ccc23)n1. The first kappa shape index (κ1) is 22.1.